The molecule has 0 heterocycles. The van der Waals surface area contributed by atoms with Crippen LogP contribution in [0.15, 0.2) is 131 Å². The molecular weight excluding hydrogens is 713 g/mol. The minimum atomic E-state index is -3.56. The average molecular weight is 745 g/mol. The van der Waals surface area contributed by atoms with Gasteiger partial charge in [0.2, 0.25) is 0 Å². The van der Waals surface area contributed by atoms with Crippen LogP contribution in [-0.4, -0.2) is 76.7 Å². The Morgan fingerprint density at radius 1 is 0.500 bits per heavy atom. The normalized spacial score (nSPS) is 12.7. The molecule has 0 fully saturated rings. The van der Waals surface area contributed by atoms with Gasteiger partial charge in [-0.15, -0.1) is 0 Å². The highest BCUT2D eigenvalue weighted by Gasteiger charge is 2.22. The molecule has 14 heteroatoms. The summed E-state index contributed by atoms with van der Waals surface area (Å²) in [5.74, 6) is -4.78. The summed E-state index contributed by atoms with van der Waals surface area (Å²) in [5, 5.41) is 20.3. The summed E-state index contributed by atoms with van der Waals surface area (Å²) in [6, 6.07) is 26.8. The lowest BCUT2D eigenvalue weighted by Gasteiger charge is -2.14. The number of aliphatic carboxylic acids is 2. The third kappa shape index (κ3) is 10.2. The topological polar surface area (TPSA) is 195 Å². The van der Waals surface area contributed by atoms with Crippen molar-refractivity contribution >= 4 is 65.8 Å². The molecule has 0 aliphatic heterocycles. The molecular formula is C38H32O12S2. The maximum Gasteiger partial charge on any atom is 0.336 e. The van der Waals surface area contributed by atoms with Crippen molar-refractivity contribution in [2.24, 2.45) is 0 Å². The second-order valence-corrected chi connectivity index (χ2v) is 15.2. The number of carbonyl (C=O) groups is 4. The summed E-state index contributed by atoms with van der Waals surface area (Å²) in [6.07, 6.45) is 3.53. The van der Waals surface area contributed by atoms with E-state index in [1.165, 1.54) is 48.5 Å². The van der Waals surface area contributed by atoms with Crippen molar-refractivity contribution in [2.75, 3.05) is 25.7 Å². The summed E-state index contributed by atoms with van der Waals surface area (Å²) in [5.41, 5.74) is 0.782. The first-order valence-corrected chi connectivity index (χ1v) is 19.0. The number of hydrogen-bond donors (Lipinski definition) is 2. The molecule has 4 rings (SSSR count). The molecule has 0 spiro atoms. The van der Waals surface area contributed by atoms with Crippen molar-refractivity contribution < 1.29 is 55.7 Å². The first kappa shape index (κ1) is 38.7. The largest absolute Gasteiger partial charge is 0.478 e. The zero-order chi connectivity index (χ0) is 38.1. The average Bonchev–Trinajstić information content (AvgIpc) is 3.10. The number of carbonyl (C=O) groups excluding carboxylic acids is 2. The summed E-state index contributed by atoms with van der Waals surface area (Å²) in [7, 11) is -7.11. The van der Waals surface area contributed by atoms with E-state index in [-0.39, 0.29) is 43.2 Å². The number of carboxylic acid groups (broad SMARTS) is 2. The van der Waals surface area contributed by atoms with Crippen molar-refractivity contribution in [3.63, 3.8) is 0 Å². The number of benzene rings is 4. The molecule has 0 bridgehead atoms. The van der Waals surface area contributed by atoms with Crippen molar-refractivity contribution in [1.82, 2.24) is 0 Å². The highest BCUT2D eigenvalue weighted by molar-refractivity contribution is 7.91. The Morgan fingerprint density at radius 2 is 0.808 bits per heavy atom. The highest BCUT2D eigenvalue weighted by atomic mass is 32.2. The van der Waals surface area contributed by atoms with Gasteiger partial charge < -0.3 is 19.7 Å². The zero-order valence-corrected chi connectivity index (χ0v) is 29.4. The Morgan fingerprint density at radius 3 is 1.08 bits per heavy atom. The second kappa shape index (κ2) is 16.7. The smallest absolute Gasteiger partial charge is 0.336 e. The number of sulfone groups is 2. The lowest BCUT2D eigenvalue weighted by Crippen LogP contribution is -2.12. The molecule has 0 unspecified atom stereocenters. The van der Waals surface area contributed by atoms with Gasteiger partial charge in [-0.1, -0.05) is 84.9 Å². The zero-order valence-electron chi connectivity index (χ0n) is 27.8. The number of esters is 2. The fourth-order valence-electron chi connectivity index (χ4n) is 4.99. The van der Waals surface area contributed by atoms with E-state index in [9.17, 15) is 46.2 Å². The van der Waals surface area contributed by atoms with Gasteiger partial charge in [0.15, 0.2) is 19.7 Å². The third-order valence-corrected chi connectivity index (χ3v) is 9.75. The minimum absolute atomic E-state index is 0.00575. The molecule has 0 aromatic heterocycles. The van der Waals surface area contributed by atoms with Crippen LogP contribution < -0.4 is 0 Å². The molecule has 0 radical (unpaired) electrons. The van der Waals surface area contributed by atoms with Crippen molar-refractivity contribution in [1.29, 1.82) is 0 Å². The van der Waals surface area contributed by atoms with E-state index in [0.717, 1.165) is 24.7 Å². The summed E-state index contributed by atoms with van der Waals surface area (Å²) >= 11 is 0. The lowest BCUT2D eigenvalue weighted by atomic mass is 9.95. The Hall–Kier alpha value is -6.12. The van der Waals surface area contributed by atoms with Crippen LogP contribution in [0.2, 0.25) is 0 Å². The van der Waals surface area contributed by atoms with Gasteiger partial charge in [-0.2, -0.15) is 0 Å². The van der Waals surface area contributed by atoms with Crippen LogP contribution in [-0.2, 0) is 48.3 Å². The molecule has 268 valence electrons. The number of carboxylic acids is 2. The summed E-state index contributed by atoms with van der Waals surface area (Å²) in [6.45, 7) is -1.16. The Balaban J connectivity index is 1.58. The van der Waals surface area contributed by atoms with Gasteiger partial charge in [0.05, 0.1) is 20.9 Å². The quantitative estimate of drug-likeness (QED) is 0.102. The number of ether oxygens (including phenoxy) is 2. The Labute approximate surface area is 299 Å². The Bertz CT molecular complexity index is 2120. The van der Waals surface area contributed by atoms with Crippen LogP contribution in [0.3, 0.4) is 0 Å². The van der Waals surface area contributed by atoms with Crippen LogP contribution in [0, 0.1) is 0 Å². The molecule has 0 saturated carbocycles. The van der Waals surface area contributed by atoms with Gasteiger partial charge in [-0.3, -0.25) is 0 Å². The number of hydrogen-bond acceptors (Lipinski definition) is 10. The van der Waals surface area contributed by atoms with Gasteiger partial charge in [-0.25, -0.2) is 36.0 Å². The van der Waals surface area contributed by atoms with Gasteiger partial charge in [0.1, 0.15) is 13.2 Å². The lowest BCUT2D eigenvalue weighted by molar-refractivity contribution is -0.139. The monoisotopic (exact) mass is 744 g/mol. The second-order valence-electron chi connectivity index (χ2n) is 11.2. The van der Waals surface area contributed by atoms with E-state index >= 15 is 0 Å². The first-order valence-electron chi connectivity index (χ1n) is 15.2. The molecule has 0 aliphatic carbocycles. The van der Waals surface area contributed by atoms with E-state index in [4.69, 9.17) is 9.47 Å². The molecule has 0 saturated heterocycles. The van der Waals surface area contributed by atoms with E-state index in [1.54, 1.807) is 60.7 Å². The van der Waals surface area contributed by atoms with Crippen LogP contribution in [0.4, 0.5) is 0 Å². The fourth-order valence-corrected chi connectivity index (χ4v) is 6.25. The molecule has 2 N–H and O–H groups in total. The molecule has 0 atom stereocenters. The summed E-state index contributed by atoms with van der Waals surface area (Å²) in [4.78, 5) is 50.4. The third-order valence-electron chi connectivity index (χ3n) is 7.49. The Kier molecular flexibility index (Phi) is 12.4. The summed E-state index contributed by atoms with van der Waals surface area (Å²) < 4.78 is 58.5. The molecule has 12 nitrogen and oxygen atoms in total. The minimum Gasteiger partial charge on any atom is -0.478 e. The van der Waals surface area contributed by atoms with Crippen molar-refractivity contribution in [3.05, 3.63) is 144 Å². The maximum absolute atomic E-state index is 12.8. The van der Waals surface area contributed by atoms with Gasteiger partial charge >= 0.3 is 23.9 Å². The first-order chi connectivity index (χ1) is 24.6. The fraction of sp³-hybridized carbons (Fsp3) is 0.105. The number of rotatable bonds is 14. The van der Waals surface area contributed by atoms with E-state index in [0.29, 0.717) is 11.1 Å². The molecule has 52 heavy (non-hydrogen) atoms. The molecule has 0 amide bonds. The van der Waals surface area contributed by atoms with E-state index in [1.807, 2.05) is 0 Å². The maximum atomic E-state index is 12.8. The van der Waals surface area contributed by atoms with Gasteiger partial charge in [0, 0.05) is 35.8 Å². The molecule has 4 aromatic rings. The van der Waals surface area contributed by atoms with Crippen molar-refractivity contribution in [3.8, 4) is 0 Å². The van der Waals surface area contributed by atoms with E-state index < -0.39 is 56.8 Å². The molecule has 4 aromatic carbocycles. The van der Waals surface area contributed by atoms with Gasteiger partial charge in [0.25, 0.3) is 0 Å². The molecule has 0 aliphatic rings. The SMILES string of the molecule is CS(=O)(=O)c1ccc(/C(COC(=O)/C=C/C(=O)OC/C(=C(\C(=O)O)c2ccccc2)c2ccc(S(C)(=O)=O)cc2)=C(/C(=O)O)c2ccccc2)cc1. The predicted octanol–water partition coefficient (Wildman–Crippen LogP) is 4.83. The highest BCUT2D eigenvalue weighted by Crippen LogP contribution is 2.30. The van der Waals surface area contributed by atoms with Crippen molar-refractivity contribution in [2.45, 2.75) is 9.79 Å². The van der Waals surface area contributed by atoms with Crippen LogP contribution in [0.25, 0.3) is 22.3 Å². The van der Waals surface area contributed by atoms with Crippen LogP contribution in [0.1, 0.15) is 22.3 Å². The van der Waals surface area contributed by atoms with Gasteiger partial charge in [-0.05, 0) is 46.5 Å². The van der Waals surface area contributed by atoms with Crippen LogP contribution >= 0.6 is 0 Å². The standard InChI is InChI=1S/C38H32O12S2/c1-51(45,46)29-17-13-25(14-18-29)31(35(37(41)42)27-9-5-3-6-10-27)23-49-33(39)21-22-34(40)50-24-32(26-15-19-30(20-16-26)52(2,47)48)36(38(43)44)28-11-7-4-8-12-28/h3-22H,23-24H2,1-2H3,(H,41,42)(H,43,44)/b22-21+,35-31+,36-32+. The van der Waals surface area contributed by atoms with Crippen LogP contribution in [0.5, 0.6) is 0 Å². The van der Waals surface area contributed by atoms with E-state index in [2.05, 4.69) is 0 Å². The predicted molar refractivity (Wildman–Crippen MR) is 192 cm³/mol.